The van der Waals surface area contributed by atoms with Crippen LogP contribution in [0.5, 0.6) is 0 Å². The second kappa shape index (κ2) is 5.04. The summed E-state index contributed by atoms with van der Waals surface area (Å²) in [7, 11) is 0. The molecule has 1 saturated carbocycles. The molecule has 0 aromatic heterocycles. The average Bonchev–Trinajstić information content (AvgIpc) is 3.18. The van der Waals surface area contributed by atoms with Crippen LogP contribution < -0.4 is 5.32 Å². The lowest BCUT2D eigenvalue weighted by Gasteiger charge is -2.17. The molecule has 7 heteroatoms. The third kappa shape index (κ3) is 3.02. The second-order valence-electron chi connectivity index (χ2n) is 4.67. The minimum atomic E-state index is -4.65. The van der Waals surface area contributed by atoms with Crippen LogP contribution in [0.25, 0.3) is 0 Å². The van der Waals surface area contributed by atoms with Gasteiger partial charge in [-0.1, -0.05) is 0 Å². The van der Waals surface area contributed by atoms with Gasteiger partial charge >= 0.3 is 12.1 Å². The lowest BCUT2D eigenvalue weighted by atomic mass is 10.1. The number of halogens is 3. The van der Waals surface area contributed by atoms with Gasteiger partial charge in [0.25, 0.3) is 0 Å². The highest BCUT2D eigenvalue weighted by molar-refractivity contribution is 5.78. The van der Waals surface area contributed by atoms with Crippen molar-refractivity contribution in [3.63, 3.8) is 0 Å². The highest BCUT2D eigenvalue weighted by atomic mass is 19.4. The normalized spacial score (nSPS) is 16.3. The molecule has 0 saturated heterocycles. The molecule has 20 heavy (non-hydrogen) atoms. The molecule has 0 spiro atoms. The summed E-state index contributed by atoms with van der Waals surface area (Å²) in [6, 6.07) is 3.67. The quantitative estimate of drug-likeness (QED) is 0.891. The van der Waals surface area contributed by atoms with Gasteiger partial charge in [0.2, 0.25) is 0 Å². The van der Waals surface area contributed by atoms with Gasteiger partial charge in [-0.3, -0.25) is 0 Å². The summed E-state index contributed by atoms with van der Waals surface area (Å²) >= 11 is 0. The zero-order chi connectivity index (χ0) is 14.9. The van der Waals surface area contributed by atoms with E-state index in [1.54, 1.807) is 0 Å². The number of nitrogens with zero attached hydrogens (tertiary/aromatic N) is 1. The Morgan fingerprint density at radius 2 is 2.10 bits per heavy atom. The molecule has 0 bridgehead atoms. The summed E-state index contributed by atoms with van der Waals surface area (Å²) in [6.07, 6.45) is -3.17. The van der Waals surface area contributed by atoms with Gasteiger partial charge in [0.15, 0.2) is 0 Å². The van der Waals surface area contributed by atoms with E-state index in [1.165, 1.54) is 12.1 Å². The number of anilines is 1. The number of nitrogens with one attached hydrogen (secondary N) is 1. The van der Waals surface area contributed by atoms with E-state index in [0.29, 0.717) is 0 Å². The first-order chi connectivity index (χ1) is 9.32. The molecular weight excluding hydrogens is 273 g/mol. The molecule has 1 fully saturated rings. The van der Waals surface area contributed by atoms with E-state index in [4.69, 9.17) is 10.4 Å². The third-order valence-electron chi connectivity index (χ3n) is 3.13. The fourth-order valence-corrected chi connectivity index (χ4v) is 1.96. The van der Waals surface area contributed by atoms with Crippen LogP contribution in [0.1, 0.15) is 24.0 Å². The third-order valence-corrected chi connectivity index (χ3v) is 3.13. The molecular formula is C13H11F3N2O2. The molecule has 1 aromatic rings. The Labute approximate surface area is 112 Å². The SMILES string of the molecule is N#Cc1ccc(NC(C(=O)O)C2CC2)cc1C(F)(F)F. The van der Waals surface area contributed by atoms with Crippen LogP contribution in [0.4, 0.5) is 18.9 Å². The van der Waals surface area contributed by atoms with E-state index in [9.17, 15) is 18.0 Å². The molecule has 0 amide bonds. The van der Waals surface area contributed by atoms with E-state index in [1.807, 2.05) is 0 Å². The van der Waals surface area contributed by atoms with Crippen molar-refractivity contribution in [2.45, 2.75) is 25.1 Å². The Hall–Kier alpha value is -2.23. The number of carboxylic acid groups (broad SMARTS) is 1. The maximum Gasteiger partial charge on any atom is 0.417 e. The van der Waals surface area contributed by atoms with Crippen molar-refractivity contribution in [3.05, 3.63) is 29.3 Å². The van der Waals surface area contributed by atoms with Gasteiger partial charge in [0.05, 0.1) is 17.2 Å². The lowest BCUT2D eigenvalue weighted by Crippen LogP contribution is -2.31. The van der Waals surface area contributed by atoms with Crippen molar-refractivity contribution in [3.8, 4) is 6.07 Å². The van der Waals surface area contributed by atoms with Gasteiger partial charge < -0.3 is 10.4 Å². The summed E-state index contributed by atoms with van der Waals surface area (Å²) in [5.74, 6) is -1.15. The number of nitriles is 1. The smallest absolute Gasteiger partial charge is 0.417 e. The van der Waals surface area contributed by atoms with Crippen LogP contribution in [-0.4, -0.2) is 17.1 Å². The summed E-state index contributed by atoms with van der Waals surface area (Å²) in [5, 5.41) is 20.3. The first-order valence-electron chi connectivity index (χ1n) is 5.93. The maximum atomic E-state index is 12.8. The van der Waals surface area contributed by atoms with Crippen LogP contribution in [0.2, 0.25) is 0 Å². The Balaban J connectivity index is 2.29. The van der Waals surface area contributed by atoms with Crippen molar-refractivity contribution < 1.29 is 23.1 Å². The fraction of sp³-hybridized carbons (Fsp3) is 0.385. The van der Waals surface area contributed by atoms with Gasteiger partial charge in [0.1, 0.15) is 6.04 Å². The summed E-state index contributed by atoms with van der Waals surface area (Å²) < 4.78 is 38.4. The summed E-state index contributed by atoms with van der Waals surface area (Å²) in [4.78, 5) is 11.1. The number of alkyl halides is 3. The van der Waals surface area contributed by atoms with Crippen molar-refractivity contribution in [1.29, 1.82) is 5.26 Å². The van der Waals surface area contributed by atoms with Crippen molar-refractivity contribution in [2.75, 3.05) is 5.32 Å². The average molecular weight is 284 g/mol. The topological polar surface area (TPSA) is 73.1 Å². The molecule has 2 N–H and O–H groups in total. The molecule has 1 unspecified atom stereocenters. The van der Waals surface area contributed by atoms with Gasteiger partial charge in [-0.25, -0.2) is 4.79 Å². The van der Waals surface area contributed by atoms with Gasteiger partial charge in [-0.15, -0.1) is 0 Å². The van der Waals surface area contributed by atoms with Crippen LogP contribution in [0, 0.1) is 17.2 Å². The largest absolute Gasteiger partial charge is 0.480 e. The molecule has 0 radical (unpaired) electrons. The standard InChI is InChI=1S/C13H11F3N2O2/c14-13(15,16)10-5-9(4-3-8(10)6-17)18-11(12(19)20)7-1-2-7/h3-5,7,11,18H,1-2H2,(H,19,20). The predicted octanol–water partition coefficient (Wildman–Crippen LogP) is 2.85. The van der Waals surface area contributed by atoms with Gasteiger partial charge in [0, 0.05) is 5.69 Å². The molecule has 1 aromatic carbocycles. The fourth-order valence-electron chi connectivity index (χ4n) is 1.96. The number of hydrogen-bond acceptors (Lipinski definition) is 3. The van der Waals surface area contributed by atoms with E-state index in [-0.39, 0.29) is 11.6 Å². The number of rotatable bonds is 4. The van der Waals surface area contributed by atoms with E-state index in [0.717, 1.165) is 25.0 Å². The first-order valence-corrected chi connectivity index (χ1v) is 5.93. The first kappa shape index (κ1) is 14.2. The molecule has 106 valence electrons. The molecule has 1 aliphatic carbocycles. The van der Waals surface area contributed by atoms with E-state index < -0.39 is 29.3 Å². The van der Waals surface area contributed by atoms with Gasteiger partial charge in [-0.05, 0) is 37.0 Å². The molecule has 1 aliphatic rings. The van der Waals surface area contributed by atoms with E-state index >= 15 is 0 Å². The Bertz CT molecular complexity index is 574. The second-order valence-corrected chi connectivity index (χ2v) is 4.67. The summed E-state index contributed by atoms with van der Waals surface area (Å²) in [5.41, 5.74) is -1.50. The van der Waals surface area contributed by atoms with Crippen LogP contribution in [-0.2, 0) is 11.0 Å². The molecule has 2 rings (SSSR count). The summed E-state index contributed by atoms with van der Waals surface area (Å²) in [6.45, 7) is 0. The van der Waals surface area contributed by atoms with Gasteiger partial charge in [-0.2, -0.15) is 18.4 Å². The highest BCUT2D eigenvalue weighted by Crippen LogP contribution is 2.36. The molecule has 1 atom stereocenters. The molecule has 0 heterocycles. The lowest BCUT2D eigenvalue weighted by molar-refractivity contribution is -0.138. The Morgan fingerprint density at radius 3 is 2.55 bits per heavy atom. The minimum absolute atomic E-state index is 0.0515. The van der Waals surface area contributed by atoms with Crippen molar-refractivity contribution in [1.82, 2.24) is 0 Å². The maximum absolute atomic E-state index is 12.8. The number of carbonyl (C=O) groups is 1. The van der Waals surface area contributed by atoms with Crippen LogP contribution in [0.3, 0.4) is 0 Å². The van der Waals surface area contributed by atoms with E-state index in [2.05, 4.69) is 5.32 Å². The zero-order valence-corrected chi connectivity index (χ0v) is 10.2. The van der Waals surface area contributed by atoms with Crippen LogP contribution in [0.15, 0.2) is 18.2 Å². The van der Waals surface area contributed by atoms with Crippen LogP contribution >= 0.6 is 0 Å². The zero-order valence-electron chi connectivity index (χ0n) is 10.2. The van der Waals surface area contributed by atoms with Crippen molar-refractivity contribution >= 4 is 11.7 Å². The predicted molar refractivity (Wildman–Crippen MR) is 63.9 cm³/mol. The Kier molecular flexibility index (Phi) is 3.57. The highest BCUT2D eigenvalue weighted by Gasteiger charge is 2.37. The molecule has 0 aliphatic heterocycles. The number of carboxylic acids is 1. The molecule has 4 nitrogen and oxygen atoms in total. The number of aliphatic carboxylic acids is 1. The monoisotopic (exact) mass is 284 g/mol. The number of hydrogen-bond donors (Lipinski definition) is 2. The van der Waals surface area contributed by atoms with Crippen molar-refractivity contribution in [2.24, 2.45) is 5.92 Å². The number of benzene rings is 1. The Morgan fingerprint density at radius 1 is 1.45 bits per heavy atom. The minimum Gasteiger partial charge on any atom is -0.480 e.